The summed E-state index contributed by atoms with van der Waals surface area (Å²) < 4.78 is 33.9. The Morgan fingerprint density at radius 2 is 2.00 bits per heavy atom. The summed E-state index contributed by atoms with van der Waals surface area (Å²) in [4.78, 5) is 17.9. The molecule has 0 saturated carbocycles. The van der Waals surface area contributed by atoms with E-state index in [0.717, 1.165) is 11.3 Å². The Bertz CT molecular complexity index is 776. The minimum atomic E-state index is -3.05. The minimum Gasteiger partial charge on any atom is -0.497 e. The number of thioether (sulfide) groups is 1. The van der Waals surface area contributed by atoms with Gasteiger partial charge in [0.1, 0.15) is 12.4 Å². The normalized spacial score (nSPS) is 26.0. The summed E-state index contributed by atoms with van der Waals surface area (Å²) in [6.45, 7) is 0.404. The Hall–Kier alpha value is -1.58. The van der Waals surface area contributed by atoms with Crippen molar-refractivity contribution in [1.82, 2.24) is 4.90 Å². The average Bonchev–Trinajstić information content (AvgIpc) is 3.01. The topological polar surface area (TPSA) is 85.3 Å². The van der Waals surface area contributed by atoms with Crippen LogP contribution in [0.15, 0.2) is 29.3 Å². The van der Waals surface area contributed by atoms with Crippen LogP contribution in [0.25, 0.3) is 0 Å². The van der Waals surface area contributed by atoms with Crippen LogP contribution in [0.5, 0.6) is 5.75 Å². The van der Waals surface area contributed by atoms with Crippen molar-refractivity contribution in [2.75, 3.05) is 32.3 Å². The van der Waals surface area contributed by atoms with Crippen molar-refractivity contribution < 1.29 is 22.7 Å². The van der Waals surface area contributed by atoms with Gasteiger partial charge in [-0.05, 0) is 17.7 Å². The van der Waals surface area contributed by atoms with Crippen LogP contribution < -0.4 is 4.74 Å². The summed E-state index contributed by atoms with van der Waals surface area (Å²) in [6.07, 6.45) is 0. The quantitative estimate of drug-likeness (QED) is 0.747. The number of benzene rings is 1. The molecule has 2 atom stereocenters. The molecule has 0 spiro atoms. The standard InChI is InChI=1S/C16H20N2O5S2/c1-22-8-15(19)17-16-18(7-11-3-5-12(23-2)6-4-11)13-9-25(20,21)10-14(13)24-16/h3-6,13-14H,7-10H2,1-2H3/t13-,14-/m0/s1. The summed E-state index contributed by atoms with van der Waals surface area (Å²) in [7, 11) is -0.00638. The molecular weight excluding hydrogens is 364 g/mol. The molecular formula is C16H20N2O5S2. The number of sulfone groups is 1. The van der Waals surface area contributed by atoms with Gasteiger partial charge in [0.15, 0.2) is 15.0 Å². The van der Waals surface area contributed by atoms with E-state index in [9.17, 15) is 13.2 Å². The van der Waals surface area contributed by atoms with E-state index in [0.29, 0.717) is 11.7 Å². The lowest BCUT2D eigenvalue weighted by molar-refractivity contribution is -0.121. The van der Waals surface area contributed by atoms with Gasteiger partial charge in [-0.25, -0.2) is 8.42 Å². The maximum absolute atomic E-state index is 12.0. The molecule has 136 valence electrons. The Morgan fingerprint density at radius 3 is 2.64 bits per heavy atom. The lowest BCUT2D eigenvalue weighted by Crippen LogP contribution is -2.37. The van der Waals surface area contributed by atoms with Gasteiger partial charge in [0.05, 0.1) is 24.7 Å². The number of aliphatic imine (C=N–C) groups is 1. The van der Waals surface area contributed by atoms with Gasteiger partial charge < -0.3 is 14.4 Å². The van der Waals surface area contributed by atoms with Crippen molar-refractivity contribution in [1.29, 1.82) is 0 Å². The number of carbonyl (C=O) groups is 1. The highest BCUT2D eigenvalue weighted by Crippen LogP contribution is 2.39. The van der Waals surface area contributed by atoms with Crippen molar-refractivity contribution in [2.24, 2.45) is 4.99 Å². The second kappa shape index (κ2) is 7.35. The third-order valence-electron chi connectivity index (χ3n) is 4.17. The first kappa shape index (κ1) is 18.2. The third-order valence-corrected chi connectivity index (χ3v) is 7.42. The molecule has 1 aromatic carbocycles. The molecule has 0 aliphatic carbocycles. The van der Waals surface area contributed by atoms with Crippen molar-refractivity contribution in [3.05, 3.63) is 29.8 Å². The number of amidine groups is 1. The van der Waals surface area contributed by atoms with Crippen molar-refractivity contribution >= 4 is 32.7 Å². The zero-order valence-electron chi connectivity index (χ0n) is 14.0. The molecule has 1 amide bonds. The summed E-state index contributed by atoms with van der Waals surface area (Å²) >= 11 is 1.37. The number of methoxy groups -OCH3 is 2. The molecule has 0 aromatic heterocycles. The van der Waals surface area contributed by atoms with Crippen LogP contribution in [0.4, 0.5) is 0 Å². The molecule has 7 nitrogen and oxygen atoms in total. The number of carbonyl (C=O) groups excluding carboxylic acids is 1. The van der Waals surface area contributed by atoms with Gasteiger partial charge in [0.2, 0.25) is 0 Å². The van der Waals surface area contributed by atoms with E-state index in [-0.39, 0.29) is 35.3 Å². The first-order chi connectivity index (χ1) is 11.9. The highest BCUT2D eigenvalue weighted by molar-refractivity contribution is 8.15. The molecule has 1 aromatic rings. The molecule has 2 aliphatic rings. The summed E-state index contributed by atoms with van der Waals surface area (Å²) in [5.41, 5.74) is 0.998. The molecule has 25 heavy (non-hydrogen) atoms. The van der Waals surface area contributed by atoms with E-state index in [1.54, 1.807) is 7.11 Å². The number of ether oxygens (including phenoxy) is 2. The highest BCUT2D eigenvalue weighted by Gasteiger charge is 2.48. The van der Waals surface area contributed by atoms with Crippen molar-refractivity contribution in [3.63, 3.8) is 0 Å². The summed E-state index contributed by atoms with van der Waals surface area (Å²) in [6, 6.07) is 7.40. The van der Waals surface area contributed by atoms with E-state index < -0.39 is 9.84 Å². The molecule has 0 unspecified atom stereocenters. The first-order valence-corrected chi connectivity index (χ1v) is 10.5. The number of rotatable bonds is 5. The molecule has 2 heterocycles. The predicted molar refractivity (Wildman–Crippen MR) is 96.7 cm³/mol. The SMILES string of the molecule is COCC(=O)N=C1S[C@H]2CS(=O)(=O)C[C@@H]2N1Cc1ccc(OC)cc1. The number of hydrogen-bond acceptors (Lipinski definition) is 6. The Morgan fingerprint density at radius 1 is 1.28 bits per heavy atom. The van der Waals surface area contributed by atoms with Gasteiger partial charge >= 0.3 is 0 Å². The summed E-state index contributed by atoms with van der Waals surface area (Å²) in [5.74, 6) is 0.606. The smallest absolute Gasteiger partial charge is 0.274 e. The first-order valence-electron chi connectivity index (χ1n) is 7.79. The predicted octanol–water partition coefficient (Wildman–Crippen LogP) is 0.939. The van der Waals surface area contributed by atoms with Crippen LogP contribution in [0.2, 0.25) is 0 Å². The largest absolute Gasteiger partial charge is 0.497 e. The zero-order chi connectivity index (χ0) is 18.0. The van der Waals surface area contributed by atoms with Gasteiger partial charge in [0.25, 0.3) is 5.91 Å². The van der Waals surface area contributed by atoms with Crippen LogP contribution in [0.3, 0.4) is 0 Å². The van der Waals surface area contributed by atoms with Crippen LogP contribution in [-0.4, -0.2) is 68.0 Å². The Balaban J connectivity index is 1.84. The van der Waals surface area contributed by atoms with Gasteiger partial charge in [-0.15, -0.1) is 0 Å². The molecule has 2 saturated heterocycles. The van der Waals surface area contributed by atoms with Crippen LogP contribution >= 0.6 is 11.8 Å². The zero-order valence-corrected chi connectivity index (χ0v) is 15.7. The van der Waals surface area contributed by atoms with Gasteiger partial charge in [-0.3, -0.25) is 4.79 Å². The third kappa shape index (κ3) is 4.16. The van der Waals surface area contributed by atoms with Crippen LogP contribution in [0, 0.1) is 0 Å². The Kier molecular flexibility index (Phi) is 5.35. The van der Waals surface area contributed by atoms with E-state index in [2.05, 4.69) is 4.99 Å². The number of amides is 1. The monoisotopic (exact) mass is 384 g/mol. The lowest BCUT2D eigenvalue weighted by Gasteiger charge is -2.24. The molecule has 2 fully saturated rings. The number of hydrogen-bond donors (Lipinski definition) is 0. The number of nitrogens with zero attached hydrogens (tertiary/aromatic N) is 2. The van der Waals surface area contributed by atoms with Gasteiger partial charge in [0, 0.05) is 18.9 Å². The van der Waals surface area contributed by atoms with Gasteiger partial charge in [-0.2, -0.15) is 4.99 Å². The van der Waals surface area contributed by atoms with E-state index >= 15 is 0 Å². The molecule has 2 aliphatic heterocycles. The second-order valence-electron chi connectivity index (χ2n) is 6.00. The maximum atomic E-state index is 12.0. The van der Waals surface area contributed by atoms with E-state index in [1.807, 2.05) is 29.2 Å². The molecule has 3 rings (SSSR count). The number of fused-ring (bicyclic) bond motifs is 1. The fraction of sp³-hybridized carbons (Fsp3) is 0.500. The fourth-order valence-electron chi connectivity index (χ4n) is 3.01. The molecule has 9 heteroatoms. The maximum Gasteiger partial charge on any atom is 0.274 e. The van der Waals surface area contributed by atoms with Gasteiger partial charge in [-0.1, -0.05) is 23.9 Å². The van der Waals surface area contributed by atoms with Crippen LogP contribution in [0.1, 0.15) is 5.56 Å². The fourth-order valence-corrected chi connectivity index (χ4v) is 6.98. The minimum absolute atomic E-state index is 0.0858. The molecule has 0 N–H and O–H groups in total. The molecule has 0 radical (unpaired) electrons. The molecule has 0 bridgehead atoms. The Labute approximate surface area is 151 Å². The lowest BCUT2D eigenvalue weighted by atomic mass is 10.1. The second-order valence-corrected chi connectivity index (χ2v) is 9.36. The van der Waals surface area contributed by atoms with E-state index in [1.165, 1.54) is 18.9 Å². The summed E-state index contributed by atoms with van der Waals surface area (Å²) in [5, 5.41) is 0.486. The van der Waals surface area contributed by atoms with Crippen LogP contribution in [-0.2, 0) is 25.9 Å². The highest BCUT2D eigenvalue weighted by atomic mass is 32.2. The average molecular weight is 384 g/mol. The van der Waals surface area contributed by atoms with Crippen molar-refractivity contribution in [2.45, 2.75) is 17.8 Å². The van der Waals surface area contributed by atoms with Crippen molar-refractivity contribution in [3.8, 4) is 5.75 Å². The van der Waals surface area contributed by atoms with E-state index in [4.69, 9.17) is 9.47 Å².